The van der Waals surface area contributed by atoms with Gasteiger partial charge in [0, 0.05) is 0 Å². The van der Waals surface area contributed by atoms with Crippen molar-refractivity contribution in [1.29, 1.82) is 0 Å². The quantitative estimate of drug-likeness (QED) is 0.161. The van der Waals surface area contributed by atoms with Gasteiger partial charge in [-0.25, -0.2) is 4.39 Å². The number of hydrogen-bond acceptors (Lipinski definition) is 4. The number of halogens is 3. The van der Waals surface area contributed by atoms with Crippen LogP contribution in [0.2, 0.25) is 18.3 Å². The second-order valence-electron chi connectivity index (χ2n) is 10.8. The Labute approximate surface area is 246 Å². The Morgan fingerprint density at radius 3 is 2.10 bits per heavy atom. The molecule has 0 aliphatic carbocycles. The van der Waals surface area contributed by atoms with E-state index in [-0.39, 0.29) is 16.5 Å². The Bertz CT molecular complexity index is 1340. The van der Waals surface area contributed by atoms with E-state index in [0.29, 0.717) is 5.69 Å². The molecule has 5 nitrogen and oxygen atoms in total. The second-order valence-corrected chi connectivity index (χ2v) is 24.3. The minimum atomic E-state index is -2.85. The van der Waals surface area contributed by atoms with Gasteiger partial charge in [-0.1, -0.05) is 0 Å². The number of aryl methyl sites for hydroxylation is 2. The third kappa shape index (κ3) is 7.44. The van der Waals surface area contributed by atoms with E-state index < -0.39 is 41.7 Å². The fourth-order valence-corrected chi connectivity index (χ4v) is 21.0. The molecule has 0 aliphatic heterocycles. The van der Waals surface area contributed by atoms with Crippen LogP contribution in [-0.4, -0.2) is 32.9 Å². The Morgan fingerprint density at radius 2 is 1.55 bits per heavy atom. The molecule has 1 atom stereocenters. The number of aromatic nitrogens is 3. The van der Waals surface area contributed by atoms with Crippen molar-refractivity contribution >= 4 is 33.7 Å². The van der Waals surface area contributed by atoms with E-state index in [2.05, 4.69) is 31.8 Å². The first-order valence-corrected chi connectivity index (χ1v) is 22.3. The van der Waals surface area contributed by atoms with E-state index in [0.717, 1.165) is 23.5 Å². The minimum absolute atomic E-state index is 0.0657. The first-order valence-electron chi connectivity index (χ1n) is 14.5. The van der Waals surface area contributed by atoms with Gasteiger partial charge in [-0.15, -0.1) is 0 Å². The van der Waals surface area contributed by atoms with Gasteiger partial charge in [-0.05, 0) is 0 Å². The molecule has 40 heavy (non-hydrogen) atoms. The number of ether oxygens (including phenoxy) is 1. The fraction of sp³-hybridized carbons (Fsp3) is 0.516. The molecule has 9 heteroatoms. The third-order valence-corrected chi connectivity index (χ3v) is 23.2. The maximum atomic E-state index is 14.3. The number of pyridine rings is 3. The van der Waals surface area contributed by atoms with Crippen LogP contribution in [0.25, 0.3) is 5.69 Å². The van der Waals surface area contributed by atoms with Crippen molar-refractivity contribution < 1.29 is 13.5 Å². The molecule has 0 amide bonds. The first-order chi connectivity index (χ1) is 19.1. The van der Waals surface area contributed by atoms with Crippen molar-refractivity contribution in [3.8, 4) is 11.4 Å². The molecule has 0 saturated heterocycles. The fourth-order valence-electron chi connectivity index (χ4n) is 5.39. The summed E-state index contributed by atoms with van der Waals surface area (Å²) in [4.78, 5) is 22.5. The van der Waals surface area contributed by atoms with Crippen molar-refractivity contribution in [2.75, 3.05) is 0 Å². The molecule has 0 saturated carbocycles. The summed E-state index contributed by atoms with van der Waals surface area (Å²) in [6.45, 7) is 12.1. The van der Waals surface area contributed by atoms with Gasteiger partial charge >= 0.3 is 237 Å². The number of hydrogen-bond donors (Lipinski definition) is 0. The van der Waals surface area contributed by atoms with E-state index in [1.165, 1.54) is 55.5 Å². The molecule has 0 aliphatic rings. The molecule has 0 aromatic carbocycles. The van der Waals surface area contributed by atoms with Crippen molar-refractivity contribution in [2.24, 2.45) is 0 Å². The van der Waals surface area contributed by atoms with Crippen LogP contribution in [0, 0.1) is 25.5 Å². The number of rotatable bonds is 14. The summed E-state index contributed by atoms with van der Waals surface area (Å²) in [5, 5.41) is -0.101. The average molecular weight is 681 g/mol. The van der Waals surface area contributed by atoms with Gasteiger partial charge in [0.25, 0.3) is 0 Å². The summed E-state index contributed by atoms with van der Waals surface area (Å²) in [6, 6.07) is 4.60. The monoisotopic (exact) mass is 681 g/mol. The predicted molar refractivity (Wildman–Crippen MR) is 162 cm³/mol. The van der Waals surface area contributed by atoms with Crippen LogP contribution >= 0.6 is 11.6 Å². The molecule has 3 heterocycles. The molecule has 0 radical (unpaired) electrons. The molecule has 0 N–H and O–H groups in total. The van der Waals surface area contributed by atoms with Crippen LogP contribution in [-0.2, 0) is 0 Å². The van der Waals surface area contributed by atoms with Gasteiger partial charge in [0.1, 0.15) is 5.82 Å². The van der Waals surface area contributed by atoms with Crippen LogP contribution in [0.3, 0.4) is 0 Å². The standard InChI is InChI=1S/C19H15ClF2N3O2.3C4H9.Sn/c1-10-8-23-5-4-15(10)25-11(2)6-16(17(20)19(25)26)27-12(3)18-14(22)7-13(21)9-24-18;3*1-3-4-2;/h4,6-9,12H,1-3H3;3*1,3-4H2,2H3;. The SMILES string of the molecule is CCC[CH2][Sn]([CH2]CCC)([CH2]CCC)[c]1cc(-n2c(C)cc(OC(C)c3ncc(F)cc3F)c(Cl)c2=O)c(C)cn1. The zero-order valence-electron chi connectivity index (χ0n) is 24.6. The van der Waals surface area contributed by atoms with Gasteiger partial charge in [0.05, 0.1) is 0 Å². The van der Waals surface area contributed by atoms with Gasteiger partial charge < -0.3 is 0 Å². The normalized spacial score (nSPS) is 12.5. The molecular weight excluding hydrogens is 639 g/mol. The van der Waals surface area contributed by atoms with E-state index in [1.807, 2.05) is 20.0 Å². The topological polar surface area (TPSA) is 57.0 Å². The van der Waals surface area contributed by atoms with E-state index in [1.54, 1.807) is 17.6 Å². The summed E-state index contributed by atoms with van der Waals surface area (Å²) < 4.78 is 40.2. The van der Waals surface area contributed by atoms with E-state index >= 15 is 0 Å². The Morgan fingerprint density at radius 1 is 0.950 bits per heavy atom. The Hall–Kier alpha value is -2.00. The van der Waals surface area contributed by atoms with Crippen molar-refractivity contribution in [3.63, 3.8) is 0 Å². The molecule has 3 aromatic rings. The summed E-state index contributed by atoms with van der Waals surface area (Å²) >= 11 is 3.72. The predicted octanol–water partition coefficient (Wildman–Crippen LogP) is 8.37. The van der Waals surface area contributed by atoms with Crippen molar-refractivity contribution in [2.45, 2.75) is 99.5 Å². The molecule has 1 unspecified atom stereocenters. The molecule has 0 bridgehead atoms. The van der Waals surface area contributed by atoms with Crippen LogP contribution < -0.4 is 14.0 Å². The van der Waals surface area contributed by atoms with Gasteiger partial charge in [-0.2, -0.15) is 0 Å². The second kappa shape index (κ2) is 14.8. The Balaban J connectivity index is 2.08. The zero-order chi connectivity index (χ0) is 29.4. The molecule has 0 fully saturated rings. The molecule has 218 valence electrons. The van der Waals surface area contributed by atoms with E-state index in [4.69, 9.17) is 21.3 Å². The first kappa shape index (κ1) is 32.5. The number of unbranched alkanes of at least 4 members (excludes halogenated alkanes) is 3. The molecule has 3 aromatic heterocycles. The summed E-state index contributed by atoms with van der Waals surface area (Å²) in [6.07, 6.45) is 9.11. The van der Waals surface area contributed by atoms with Crippen molar-refractivity contribution in [3.05, 3.63) is 74.6 Å². The summed E-state index contributed by atoms with van der Waals surface area (Å²) in [5.41, 5.74) is 1.86. The summed E-state index contributed by atoms with van der Waals surface area (Å²) in [7, 11) is 0. The van der Waals surface area contributed by atoms with Crippen LogP contribution in [0.5, 0.6) is 5.75 Å². The third-order valence-electron chi connectivity index (χ3n) is 7.71. The van der Waals surface area contributed by atoms with Crippen molar-refractivity contribution in [1.82, 2.24) is 14.5 Å². The Kier molecular flexibility index (Phi) is 12.0. The van der Waals surface area contributed by atoms with Gasteiger partial charge in [-0.3, -0.25) is 0 Å². The van der Waals surface area contributed by atoms with Crippen LogP contribution in [0.1, 0.15) is 89.3 Å². The van der Waals surface area contributed by atoms with Crippen LogP contribution in [0.15, 0.2) is 35.4 Å². The number of nitrogens with zero attached hydrogens (tertiary/aromatic N) is 3. The molecular formula is C31H42ClF2N3O2Sn. The van der Waals surface area contributed by atoms with Crippen LogP contribution in [0.4, 0.5) is 8.78 Å². The zero-order valence-corrected chi connectivity index (χ0v) is 28.2. The summed E-state index contributed by atoms with van der Waals surface area (Å²) in [5.74, 6) is -1.46. The maximum absolute atomic E-state index is 14.3. The molecule has 0 spiro atoms. The average Bonchev–Trinajstić information content (AvgIpc) is 2.92. The van der Waals surface area contributed by atoms with Gasteiger partial charge in [0.15, 0.2) is 0 Å². The van der Waals surface area contributed by atoms with Gasteiger partial charge in [0.2, 0.25) is 0 Å². The molecule has 3 rings (SSSR count). The van der Waals surface area contributed by atoms with E-state index in [9.17, 15) is 13.6 Å².